The summed E-state index contributed by atoms with van der Waals surface area (Å²) in [5, 5.41) is 25.5. The van der Waals surface area contributed by atoms with Crippen LogP contribution < -0.4 is 5.57 Å². The number of hydrogen-bond acceptors (Lipinski definition) is 6. The van der Waals surface area contributed by atoms with Crippen molar-refractivity contribution in [3.8, 4) is 6.07 Å². The number of H-pyrrole nitrogens is 1. The first-order chi connectivity index (χ1) is 9.83. The lowest BCUT2D eigenvalue weighted by molar-refractivity contribution is -1.04. The molecule has 0 aromatic carbocycles. The van der Waals surface area contributed by atoms with Gasteiger partial charge in [-0.25, -0.2) is 4.84 Å². The van der Waals surface area contributed by atoms with Crippen molar-refractivity contribution in [2.24, 2.45) is 0 Å². The van der Waals surface area contributed by atoms with Crippen molar-refractivity contribution >= 4 is 20.2 Å². The van der Waals surface area contributed by atoms with E-state index in [9.17, 15) is 10.1 Å². The minimum absolute atomic E-state index is 0.000694. The number of rotatable bonds is 8. The minimum Gasteiger partial charge on any atom is -0.390 e. The van der Waals surface area contributed by atoms with E-state index in [1.807, 2.05) is 33.8 Å². The first kappa shape index (κ1) is 17.4. The standard InChI is InChI=1S/C11H20N6O3P/c1-8(2)17(9(3)4,20-7-5-6-12)21-11-13-10(14-15-11)16(18)19/h8-9,21H,5,7H2,1-4H3,(H,13,14,15)/q+1. The highest BCUT2D eigenvalue weighted by Gasteiger charge is 2.41. The predicted molar refractivity (Wildman–Crippen MR) is 77.7 cm³/mol. The Morgan fingerprint density at radius 3 is 2.52 bits per heavy atom. The number of quaternary nitrogens is 1. The first-order valence-electron chi connectivity index (χ1n) is 6.58. The first-order valence-corrected chi connectivity index (χ1v) is 7.53. The maximum absolute atomic E-state index is 10.7. The van der Waals surface area contributed by atoms with Crippen LogP contribution in [0.5, 0.6) is 0 Å². The molecule has 116 valence electrons. The third-order valence-electron chi connectivity index (χ3n) is 2.97. The zero-order valence-corrected chi connectivity index (χ0v) is 13.5. The van der Waals surface area contributed by atoms with Crippen LogP contribution in [-0.4, -0.2) is 43.2 Å². The maximum atomic E-state index is 10.7. The smallest absolute Gasteiger partial charge is 0.390 e. The van der Waals surface area contributed by atoms with Gasteiger partial charge in [0.05, 0.1) is 12.5 Å². The third-order valence-corrected chi connectivity index (χ3v) is 4.91. The molecule has 1 heterocycles. The van der Waals surface area contributed by atoms with E-state index in [0.717, 1.165) is 0 Å². The molecule has 1 unspecified atom stereocenters. The summed E-state index contributed by atoms with van der Waals surface area (Å²) in [6.07, 6.45) is 0.290. The van der Waals surface area contributed by atoms with E-state index in [1.54, 1.807) is 0 Å². The number of hydrogen-bond donors (Lipinski definition) is 1. The van der Waals surface area contributed by atoms with Gasteiger partial charge in [0, 0.05) is 0 Å². The Hall–Kier alpha value is -1.62. The predicted octanol–water partition coefficient (Wildman–Crippen LogP) is 1.41. The molecule has 0 amide bonds. The molecule has 0 aliphatic rings. The molecule has 1 rings (SSSR count). The summed E-state index contributed by atoms with van der Waals surface area (Å²) < 4.78 is 0.233. The van der Waals surface area contributed by atoms with Gasteiger partial charge in [0.1, 0.15) is 18.7 Å². The largest absolute Gasteiger partial charge is 0.454 e. The summed E-state index contributed by atoms with van der Waals surface area (Å²) in [6.45, 7) is 8.30. The SMILES string of the molecule is CC(C)[N+](OCCC#N)(Pc1n[nH]c([N+](=O)[O-])n1)C(C)C. The van der Waals surface area contributed by atoms with Crippen LogP contribution in [0.1, 0.15) is 34.1 Å². The lowest BCUT2D eigenvalue weighted by Gasteiger charge is -2.40. The Morgan fingerprint density at radius 2 is 2.10 bits per heavy atom. The van der Waals surface area contributed by atoms with Gasteiger partial charge in [-0.15, -0.1) is 5.10 Å². The third kappa shape index (κ3) is 4.17. The molecule has 0 radical (unpaired) electrons. The van der Waals surface area contributed by atoms with E-state index in [1.165, 1.54) is 0 Å². The van der Waals surface area contributed by atoms with E-state index in [-0.39, 0.29) is 37.6 Å². The molecule has 1 N–H and O–H groups in total. The van der Waals surface area contributed by atoms with E-state index in [0.29, 0.717) is 12.2 Å². The zero-order valence-electron chi connectivity index (χ0n) is 12.5. The second-order valence-electron chi connectivity index (χ2n) is 4.99. The van der Waals surface area contributed by atoms with Crippen LogP contribution in [0.3, 0.4) is 0 Å². The van der Waals surface area contributed by atoms with Gasteiger partial charge >= 0.3 is 11.5 Å². The quantitative estimate of drug-likeness (QED) is 0.335. The minimum atomic E-state index is -0.614. The van der Waals surface area contributed by atoms with Crippen molar-refractivity contribution in [1.82, 2.24) is 15.2 Å². The van der Waals surface area contributed by atoms with Gasteiger partial charge < -0.3 is 10.1 Å². The Balaban J connectivity index is 2.99. The molecule has 1 aromatic rings. The molecular formula is C11H20N6O3P+. The number of aromatic amines is 1. The van der Waals surface area contributed by atoms with Crippen LogP contribution in [0, 0.1) is 21.4 Å². The van der Waals surface area contributed by atoms with Crippen molar-refractivity contribution in [2.75, 3.05) is 6.61 Å². The number of nitriles is 1. The molecule has 0 spiro atoms. The molecule has 0 saturated carbocycles. The molecule has 0 saturated heterocycles. The Labute approximate surface area is 124 Å². The highest BCUT2D eigenvalue weighted by Crippen LogP contribution is 2.36. The van der Waals surface area contributed by atoms with Crippen LogP contribution in [0.2, 0.25) is 0 Å². The molecule has 1 atom stereocenters. The number of aromatic nitrogens is 3. The van der Waals surface area contributed by atoms with Crippen molar-refractivity contribution in [1.29, 1.82) is 5.26 Å². The Morgan fingerprint density at radius 1 is 1.48 bits per heavy atom. The van der Waals surface area contributed by atoms with Gasteiger partial charge in [-0.05, 0) is 37.6 Å². The number of nitro groups is 1. The van der Waals surface area contributed by atoms with Crippen molar-refractivity contribution in [3.05, 3.63) is 10.1 Å². The topological polar surface area (TPSA) is 118 Å². The summed E-state index contributed by atoms with van der Waals surface area (Å²) in [7, 11) is -0.000694. The summed E-state index contributed by atoms with van der Waals surface area (Å²) in [5.41, 5.74) is 0.348. The Kier molecular flexibility index (Phi) is 6.15. The van der Waals surface area contributed by atoms with Crippen LogP contribution >= 0.6 is 8.73 Å². The van der Waals surface area contributed by atoms with E-state index < -0.39 is 4.92 Å². The number of nitrogens with one attached hydrogen (secondary N) is 1. The molecule has 0 fully saturated rings. The van der Waals surface area contributed by atoms with Gasteiger partial charge in [-0.2, -0.15) is 9.68 Å². The molecule has 1 aromatic heterocycles. The van der Waals surface area contributed by atoms with Gasteiger partial charge in [-0.3, -0.25) is 0 Å². The summed E-state index contributed by atoms with van der Waals surface area (Å²) in [5.74, 6) is -0.375. The van der Waals surface area contributed by atoms with Crippen molar-refractivity contribution in [3.63, 3.8) is 0 Å². The zero-order chi connectivity index (χ0) is 16.0. The molecule has 10 heteroatoms. The van der Waals surface area contributed by atoms with E-state index in [2.05, 4.69) is 15.2 Å². The van der Waals surface area contributed by atoms with Gasteiger partial charge in [0.25, 0.3) is 0 Å². The van der Waals surface area contributed by atoms with Crippen LogP contribution in [0.4, 0.5) is 5.95 Å². The molecule has 9 nitrogen and oxygen atoms in total. The number of nitrogens with zero attached hydrogens (tertiary/aromatic N) is 5. The lowest BCUT2D eigenvalue weighted by atomic mass is 10.3. The number of hydroxylamine groups is 2. The average molecular weight is 315 g/mol. The van der Waals surface area contributed by atoms with E-state index >= 15 is 0 Å². The van der Waals surface area contributed by atoms with Crippen molar-refractivity contribution in [2.45, 2.75) is 46.2 Å². The molecular weight excluding hydrogens is 295 g/mol. The average Bonchev–Trinajstić information content (AvgIpc) is 2.85. The second-order valence-corrected chi connectivity index (χ2v) is 6.36. The summed E-state index contributed by atoms with van der Waals surface area (Å²) in [6, 6.07) is 2.24. The summed E-state index contributed by atoms with van der Waals surface area (Å²) in [4.78, 5) is 19.9. The van der Waals surface area contributed by atoms with Gasteiger partial charge in [0.2, 0.25) is 8.73 Å². The fourth-order valence-electron chi connectivity index (χ4n) is 1.97. The highest BCUT2D eigenvalue weighted by atomic mass is 31.1. The van der Waals surface area contributed by atoms with Gasteiger partial charge in [-0.1, -0.05) is 5.10 Å². The van der Waals surface area contributed by atoms with Crippen LogP contribution in [-0.2, 0) is 4.84 Å². The molecule has 0 aliphatic carbocycles. The second kappa shape index (κ2) is 7.41. The molecule has 0 bridgehead atoms. The normalized spacial score (nSPS) is 12.4. The fourth-order valence-corrected chi connectivity index (χ4v) is 3.22. The highest BCUT2D eigenvalue weighted by molar-refractivity contribution is 7.40. The van der Waals surface area contributed by atoms with E-state index in [4.69, 9.17) is 10.1 Å². The maximum Gasteiger partial charge on any atom is 0.454 e. The molecule has 21 heavy (non-hydrogen) atoms. The van der Waals surface area contributed by atoms with Gasteiger partial charge in [0.15, 0.2) is 0 Å². The monoisotopic (exact) mass is 315 g/mol. The van der Waals surface area contributed by atoms with Crippen LogP contribution in [0.15, 0.2) is 0 Å². The molecule has 0 aliphatic heterocycles. The Bertz CT molecular complexity index is 516. The lowest BCUT2D eigenvalue weighted by Crippen LogP contribution is -2.52. The van der Waals surface area contributed by atoms with Crippen molar-refractivity contribution < 1.29 is 14.2 Å². The summed E-state index contributed by atoms with van der Waals surface area (Å²) >= 11 is 0. The fraction of sp³-hybridized carbons (Fsp3) is 0.727. The van der Waals surface area contributed by atoms with Crippen LogP contribution in [0.25, 0.3) is 0 Å².